The number of hydrogen-bond acceptors (Lipinski definition) is 6. The molecule has 0 aromatic heterocycles. The maximum atomic E-state index is 8.11. The zero-order valence-electron chi connectivity index (χ0n) is 11.1. The largest absolute Gasteiger partial charge is 0.394 e. The second-order valence-corrected chi connectivity index (χ2v) is 4.62. The van der Waals surface area contributed by atoms with Gasteiger partial charge in [0.1, 0.15) is 12.2 Å². The molecule has 2 N–H and O–H groups in total. The molecule has 2 rings (SSSR count). The predicted molar refractivity (Wildman–Crippen MR) is 64.5 cm³/mol. The van der Waals surface area contributed by atoms with Gasteiger partial charge in [0.05, 0.1) is 51.8 Å². The second kappa shape index (κ2) is 8.79. The molecule has 4 atom stereocenters. The Hall–Kier alpha value is -0.240. The first-order valence-electron chi connectivity index (χ1n) is 6.33. The summed E-state index contributed by atoms with van der Waals surface area (Å²) >= 11 is 0. The molecular formula is C12H24O6. The number of epoxide rings is 2. The van der Waals surface area contributed by atoms with E-state index in [2.05, 4.69) is 0 Å². The number of ether oxygens (including phenoxy) is 4. The normalized spacial score (nSPS) is 28.0. The Morgan fingerprint density at radius 2 is 1.67 bits per heavy atom. The van der Waals surface area contributed by atoms with E-state index in [0.29, 0.717) is 32.0 Å². The summed E-state index contributed by atoms with van der Waals surface area (Å²) in [5.74, 6) is 0. The topological polar surface area (TPSA) is 84.0 Å². The van der Waals surface area contributed by atoms with E-state index in [0.717, 1.165) is 13.2 Å². The van der Waals surface area contributed by atoms with E-state index in [1.54, 1.807) is 0 Å². The third-order valence-corrected chi connectivity index (χ3v) is 2.29. The van der Waals surface area contributed by atoms with E-state index in [-0.39, 0.29) is 12.7 Å². The molecule has 2 heterocycles. The molecule has 2 saturated heterocycles. The van der Waals surface area contributed by atoms with E-state index in [1.165, 1.54) is 6.92 Å². The summed E-state index contributed by atoms with van der Waals surface area (Å²) in [6, 6.07) is 0. The molecular weight excluding hydrogens is 240 g/mol. The molecule has 6 nitrogen and oxygen atoms in total. The van der Waals surface area contributed by atoms with Crippen LogP contribution < -0.4 is 0 Å². The molecule has 18 heavy (non-hydrogen) atoms. The maximum Gasteiger partial charge on any atom is 0.104 e. The first-order chi connectivity index (χ1) is 8.61. The molecule has 2 fully saturated rings. The Morgan fingerprint density at radius 1 is 1.17 bits per heavy atom. The standard InChI is InChI=1S/C9H16O4.C3H8O2/c1-7(11-4-9-6-13-9)2-10-3-8-5-12-8;1-3(5)2-4/h7-9H,2-6H2,1H3;3-5H,2H2,1H3. The van der Waals surface area contributed by atoms with Crippen LogP contribution in [0.25, 0.3) is 0 Å². The molecule has 0 aromatic carbocycles. The van der Waals surface area contributed by atoms with Gasteiger partial charge in [0, 0.05) is 0 Å². The predicted octanol–water partition coefficient (Wildman–Crippen LogP) is -0.435. The monoisotopic (exact) mass is 264 g/mol. The molecule has 108 valence electrons. The van der Waals surface area contributed by atoms with Crippen molar-refractivity contribution in [3.8, 4) is 0 Å². The Balaban J connectivity index is 0.000000280. The Bertz CT molecular complexity index is 203. The third kappa shape index (κ3) is 9.76. The fraction of sp³-hybridized carbons (Fsp3) is 1.00. The number of aliphatic hydroxyl groups is 2. The van der Waals surface area contributed by atoms with E-state index >= 15 is 0 Å². The first-order valence-corrected chi connectivity index (χ1v) is 6.33. The van der Waals surface area contributed by atoms with Crippen LogP contribution in [0.2, 0.25) is 0 Å². The van der Waals surface area contributed by atoms with Crippen LogP contribution in [0.15, 0.2) is 0 Å². The van der Waals surface area contributed by atoms with Gasteiger partial charge in [-0.1, -0.05) is 0 Å². The van der Waals surface area contributed by atoms with Crippen LogP contribution in [0.5, 0.6) is 0 Å². The molecule has 0 aliphatic carbocycles. The Morgan fingerprint density at radius 3 is 2.11 bits per heavy atom. The van der Waals surface area contributed by atoms with Crippen molar-refractivity contribution in [2.45, 2.75) is 38.3 Å². The highest BCUT2D eigenvalue weighted by Gasteiger charge is 2.24. The molecule has 2 aliphatic rings. The average Bonchev–Trinajstić information content (AvgIpc) is 3.21. The first kappa shape index (κ1) is 15.8. The van der Waals surface area contributed by atoms with Gasteiger partial charge in [0.2, 0.25) is 0 Å². The average molecular weight is 264 g/mol. The van der Waals surface area contributed by atoms with Crippen molar-refractivity contribution in [2.24, 2.45) is 0 Å². The highest BCUT2D eigenvalue weighted by atomic mass is 16.6. The van der Waals surface area contributed by atoms with Crippen LogP contribution in [0.3, 0.4) is 0 Å². The quantitative estimate of drug-likeness (QED) is 0.579. The summed E-state index contributed by atoms with van der Waals surface area (Å²) in [6.07, 6.45) is 0.283. The minimum Gasteiger partial charge on any atom is -0.394 e. The lowest BCUT2D eigenvalue weighted by atomic mass is 10.4. The van der Waals surface area contributed by atoms with Gasteiger partial charge in [-0.05, 0) is 13.8 Å². The summed E-state index contributed by atoms with van der Waals surface area (Å²) in [6.45, 7) is 7.15. The lowest BCUT2D eigenvalue weighted by Gasteiger charge is -2.11. The van der Waals surface area contributed by atoms with Crippen molar-refractivity contribution in [3.63, 3.8) is 0 Å². The van der Waals surface area contributed by atoms with E-state index < -0.39 is 6.10 Å². The molecule has 0 saturated carbocycles. The highest BCUT2D eigenvalue weighted by Crippen LogP contribution is 2.11. The summed E-state index contributed by atoms with van der Waals surface area (Å²) in [5.41, 5.74) is 0. The molecule has 6 heteroatoms. The van der Waals surface area contributed by atoms with Gasteiger partial charge < -0.3 is 29.2 Å². The fourth-order valence-electron chi connectivity index (χ4n) is 1.01. The zero-order chi connectivity index (χ0) is 13.4. The minimum atomic E-state index is -0.560. The van der Waals surface area contributed by atoms with Crippen molar-refractivity contribution >= 4 is 0 Å². The second-order valence-electron chi connectivity index (χ2n) is 4.62. The smallest absolute Gasteiger partial charge is 0.104 e. The van der Waals surface area contributed by atoms with Gasteiger partial charge >= 0.3 is 0 Å². The van der Waals surface area contributed by atoms with Gasteiger partial charge in [0.25, 0.3) is 0 Å². The lowest BCUT2D eigenvalue weighted by molar-refractivity contribution is -0.0146. The van der Waals surface area contributed by atoms with Gasteiger partial charge in [-0.3, -0.25) is 0 Å². The Labute approximate surface area is 108 Å². The molecule has 0 bridgehead atoms. The molecule has 0 spiro atoms. The van der Waals surface area contributed by atoms with Crippen molar-refractivity contribution in [3.05, 3.63) is 0 Å². The van der Waals surface area contributed by atoms with E-state index in [4.69, 9.17) is 29.2 Å². The van der Waals surface area contributed by atoms with Crippen LogP contribution in [-0.2, 0) is 18.9 Å². The summed E-state index contributed by atoms with van der Waals surface area (Å²) in [7, 11) is 0. The molecule has 0 aromatic rings. The van der Waals surface area contributed by atoms with Crippen LogP contribution in [0, 0.1) is 0 Å². The fourth-order valence-corrected chi connectivity index (χ4v) is 1.01. The Kier molecular flexibility index (Phi) is 7.73. The van der Waals surface area contributed by atoms with Crippen LogP contribution in [0.1, 0.15) is 13.8 Å². The minimum absolute atomic E-state index is 0.139. The van der Waals surface area contributed by atoms with Crippen molar-refractivity contribution in [1.29, 1.82) is 0 Å². The van der Waals surface area contributed by atoms with Crippen LogP contribution in [0.4, 0.5) is 0 Å². The van der Waals surface area contributed by atoms with Crippen molar-refractivity contribution < 1.29 is 29.2 Å². The van der Waals surface area contributed by atoms with E-state index in [9.17, 15) is 0 Å². The van der Waals surface area contributed by atoms with Crippen LogP contribution in [-0.4, -0.2) is 74.3 Å². The van der Waals surface area contributed by atoms with Gasteiger partial charge in [-0.15, -0.1) is 0 Å². The molecule has 4 unspecified atom stereocenters. The molecule has 2 aliphatic heterocycles. The maximum absolute atomic E-state index is 8.11. The van der Waals surface area contributed by atoms with Crippen molar-refractivity contribution in [1.82, 2.24) is 0 Å². The zero-order valence-corrected chi connectivity index (χ0v) is 11.1. The number of hydrogen-bond donors (Lipinski definition) is 2. The molecule has 0 amide bonds. The van der Waals surface area contributed by atoms with E-state index in [1.807, 2.05) is 6.92 Å². The van der Waals surface area contributed by atoms with Crippen molar-refractivity contribution in [2.75, 3.05) is 39.6 Å². The summed E-state index contributed by atoms with van der Waals surface area (Å²) < 4.78 is 20.9. The van der Waals surface area contributed by atoms with Crippen LogP contribution >= 0.6 is 0 Å². The SMILES string of the molecule is CC(COCC1CO1)OCC1CO1.CC(O)CO. The lowest BCUT2D eigenvalue weighted by Crippen LogP contribution is -2.19. The number of aliphatic hydroxyl groups excluding tert-OH is 2. The summed E-state index contributed by atoms with van der Waals surface area (Å²) in [4.78, 5) is 0. The van der Waals surface area contributed by atoms with Gasteiger partial charge in [-0.25, -0.2) is 0 Å². The van der Waals surface area contributed by atoms with Gasteiger partial charge in [0.15, 0.2) is 0 Å². The summed E-state index contributed by atoms with van der Waals surface area (Å²) in [5, 5.41) is 16.0. The van der Waals surface area contributed by atoms with Gasteiger partial charge in [-0.2, -0.15) is 0 Å². The molecule has 0 radical (unpaired) electrons. The number of rotatable bonds is 8. The highest BCUT2D eigenvalue weighted by molar-refractivity contribution is 4.69. The third-order valence-electron chi connectivity index (χ3n) is 2.29.